The van der Waals surface area contributed by atoms with Crippen LogP contribution in [-0.2, 0) is 11.3 Å². The van der Waals surface area contributed by atoms with Crippen molar-refractivity contribution in [3.8, 4) is 0 Å². The highest BCUT2D eigenvalue weighted by Gasteiger charge is 2.15. The van der Waals surface area contributed by atoms with E-state index in [1.807, 2.05) is 68.7 Å². The molecule has 0 aromatic heterocycles. The van der Waals surface area contributed by atoms with Crippen molar-refractivity contribution in [3.05, 3.63) is 65.7 Å². The Bertz CT molecular complexity index is 596. The first kappa shape index (κ1) is 15.2. The Morgan fingerprint density at radius 1 is 1.14 bits per heavy atom. The summed E-state index contributed by atoms with van der Waals surface area (Å²) in [6.45, 7) is 0.828. The lowest BCUT2D eigenvalue weighted by Crippen LogP contribution is -2.27. The summed E-state index contributed by atoms with van der Waals surface area (Å²) in [6, 6.07) is 16.5. The molecule has 0 aliphatic heterocycles. The number of rotatable bonds is 5. The van der Waals surface area contributed by atoms with Gasteiger partial charge >= 0.3 is 0 Å². The van der Waals surface area contributed by atoms with Crippen LogP contribution in [0.3, 0.4) is 0 Å². The van der Waals surface area contributed by atoms with Gasteiger partial charge < -0.3 is 16.0 Å². The van der Waals surface area contributed by atoms with E-state index in [1.165, 1.54) is 0 Å². The van der Waals surface area contributed by atoms with Crippen molar-refractivity contribution in [3.63, 3.8) is 0 Å². The second-order valence-electron chi connectivity index (χ2n) is 5.32. The van der Waals surface area contributed by atoms with Crippen LogP contribution in [-0.4, -0.2) is 24.9 Å². The second-order valence-corrected chi connectivity index (χ2v) is 5.32. The molecule has 0 fully saturated rings. The minimum Gasteiger partial charge on any atom is -0.324 e. The van der Waals surface area contributed by atoms with E-state index in [0.29, 0.717) is 0 Å². The number of carbonyl (C=O) groups excluding carboxylic acids is 1. The summed E-state index contributed by atoms with van der Waals surface area (Å²) in [4.78, 5) is 14.3. The summed E-state index contributed by atoms with van der Waals surface area (Å²) >= 11 is 0. The maximum atomic E-state index is 12.2. The van der Waals surface area contributed by atoms with Gasteiger partial charge in [-0.15, -0.1) is 0 Å². The number of amides is 1. The van der Waals surface area contributed by atoms with Crippen molar-refractivity contribution in [1.82, 2.24) is 4.90 Å². The number of anilines is 1. The van der Waals surface area contributed by atoms with Crippen molar-refractivity contribution >= 4 is 11.6 Å². The van der Waals surface area contributed by atoms with Crippen molar-refractivity contribution in [1.29, 1.82) is 0 Å². The summed E-state index contributed by atoms with van der Waals surface area (Å²) < 4.78 is 0. The van der Waals surface area contributed by atoms with Crippen molar-refractivity contribution in [2.24, 2.45) is 5.73 Å². The lowest BCUT2D eigenvalue weighted by Gasteiger charge is -2.14. The molecule has 1 unspecified atom stereocenters. The van der Waals surface area contributed by atoms with Gasteiger partial charge in [0.25, 0.3) is 0 Å². The molecule has 0 radical (unpaired) electrons. The van der Waals surface area contributed by atoms with Crippen LogP contribution in [0.1, 0.15) is 17.2 Å². The van der Waals surface area contributed by atoms with E-state index in [4.69, 9.17) is 5.73 Å². The molecule has 1 atom stereocenters. The SMILES string of the molecule is CN(C)Cc1cccc(NC(=O)C(N)c2ccccc2)c1. The predicted octanol–water partition coefficient (Wildman–Crippen LogP) is 2.39. The molecule has 0 heterocycles. The standard InChI is InChI=1S/C17H21N3O/c1-20(2)12-13-7-6-10-15(11-13)19-17(21)16(18)14-8-4-3-5-9-14/h3-11,16H,12,18H2,1-2H3,(H,19,21). The molecule has 0 aliphatic rings. The fourth-order valence-electron chi connectivity index (χ4n) is 2.14. The highest BCUT2D eigenvalue weighted by molar-refractivity contribution is 5.95. The molecule has 3 N–H and O–H groups in total. The first-order valence-corrected chi connectivity index (χ1v) is 6.91. The molecule has 21 heavy (non-hydrogen) atoms. The number of nitrogens with two attached hydrogens (primary N) is 1. The maximum absolute atomic E-state index is 12.2. The Morgan fingerprint density at radius 2 is 1.86 bits per heavy atom. The van der Waals surface area contributed by atoms with Gasteiger partial charge in [-0.1, -0.05) is 42.5 Å². The zero-order chi connectivity index (χ0) is 15.2. The fraction of sp³-hybridized carbons (Fsp3) is 0.235. The monoisotopic (exact) mass is 283 g/mol. The number of carbonyl (C=O) groups is 1. The third-order valence-electron chi connectivity index (χ3n) is 3.13. The van der Waals surface area contributed by atoms with Crippen molar-refractivity contribution in [2.75, 3.05) is 19.4 Å². The molecule has 0 saturated heterocycles. The number of nitrogens with one attached hydrogen (secondary N) is 1. The molecule has 4 nitrogen and oxygen atoms in total. The summed E-state index contributed by atoms with van der Waals surface area (Å²) in [5, 5.41) is 2.87. The topological polar surface area (TPSA) is 58.4 Å². The zero-order valence-electron chi connectivity index (χ0n) is 12.4. The molecule has 0 spiro atoms. The number of nitrogens with zero attached hydrogens (tertiary/aromatic N) is 1. The molecule has 2 aromatic rings. The van der Waals surface area contributed by atoms with E-state index in [1.54, 1.807) is 0 Å². The molecule has 1 amide bonds. The molecular weight excluding hydrogens is 262 g/mol. The van der Waals surface area contributed by atoms with E-state index in [0.717, 1.165) is 23.4 Å². The number of benzene rings is 2. The minimum absolute atomic E-state index is 0.205. The molecule has 0 aliphatic carbocycles. The van der Waals surface area contributed by atoms with Gasteiger partial charge in [0.15, 0.2) is 0 Å². The van der Waals surface area contributed by atoms with E-state index >= 15 is 0 Å². The van der Waals surface area contributed by atoms with Gasteiger partial charge in [-0.2, -0.15) is 0 Å². The summed E-state index contributed by atoms with van der Waals surface area (Å²) in [6.07, 6.45) is 0. The average Bonchev–Trinajstić information content (AvgIpc) is 2.47. The van der Waals surface area contributed by atoms with E-state index in [9.17, 15) is 4.79 Å². The van der Waals surface area contributed by atoms with Crippen LogP contribution in [0.4, 0.5) is 5.69 Å². The van der Waals surface area contributed by atoms with Crippen LogP contribution >= 0.6 is 0 Å². The van der Waals surface area contributed by atoms with E-state index in [2.05, 4.69) is 10.2 Å². The summed E-state index contributed by atoms with van der Waals surface area (Å²) in [5.74, 6) is -0.205. The molecule has 0 bridgehead atoms. The Labute approximate surface area is 125 Å². The Balaban J connectivity index is 2.06. The third-order valence-corrected chi connectivity index (χ3v) is 3.13. The summed E-state index contributed by atoms with van der Waals surface area (Å²) in [7, 11) is 4.02. The van der Waals surface area contributed by atoms with Gasteiger partial charge in [0.05, 0.1) is 0 Å². The molecule has 0 saturated carbocycles. The lowest BCUT2D eigenvalue weighted by atomic mass is 10.1. The summed E-state index contributed by atoms with van der Waals surface area (Å²) in [5.41, 5.74) is 8.70. The van der Waals surface area contributed by atoms with Crippen LogP contribution < -0.4 is 11.1 Å². The van der Waals surface area contributed by atoms with Crippen LogP contribution in [0, 0.1) is 0 Å². The van der Waals surface area contributed by atoms with Gasteiger partial charge in [0.1, 0.15) is 6.04 Å². The zero-order valence-corrected chi connectivity index (χ0v) is 12.4. The number of hydrogen-bond acceptors (Lipinski definition) is 3. The first-order valence-electron chi connectivity index (χ1n) is 6.91. The molecule has 110 valence electrons. The van der Waals surface area contributed by atoms with E-state index < -0.39 is 6.04 Å². The fourth-order valence-corrected chi connectivity index (χ4v) is 2.14. The highest BCUT2D eigenvalue weighted by Crippen LogP contribution is 2.15. The van der Waals surface area contributed by atoms with Crippen LogP contribution in [0.2, 0.25) is 0 Å². The van der Waals surface area contributed by atoms with Crippen LogP contribution in [0.5, 0.6) is 0 Å². The van der Waals surface area contributed by atoms with Crippen molar-refractivity contribution < 1.29 is 4.79 Å². The Morgan fingerprint density at radius 3 is 2.52 bits per heavy atom. The molecule has 2 aromatic carbocycles. The van der Waals surface area contributed by atoms with Crippen molar-refractivity contribution in [2.45, 2.75) is 12.6 Å². The van der Waals surface area contributed by atoms with Gasteiger partial charge in [-0.25, -0.2) is 0 Å². The smallest absolute Gasteiger partial charge is 0.245 e. The normalized spacial score (nSPS) is 12.2. The quantitative estimate of drug-likeness (QED) is 0.886. The van der Waals surface area contributed by atoms with Gasteiger partial charge in [-0.05, 0) is 37.4 Å². The second kappa shape index (κ2) is 7.02. The largest absolute Gasteiger partial charge is 0.324 e. The van der Waals surface area contributed by atoms with Crippen LogP contribution in [0.15, 0.2) is 54.6 Å². The Kier molecular flexibility index (Phi) is 5.09. The molecule has 2 rings (SSSR count). The maximum Gasteiger partial charge on any atom is 0.245 e. The predicted molar refractivity (Wildman–Crippen MR) is 85.8 cm³/mol. The Hall–Kier alpha value is -2.17. The van der Waals surface area contributed by atoms with Crippen LogP contribution in [0.25, 0.3) is 0 Å². The average molecular weight is 283 g/mol. The highest BCUT2D eigenvalue weighted by atomic mass is 16.2. The number of hydrogen-bond donors (Lipinski definition) is 2. The third kappa shape index (κ3) is 4.41. The van der Waals surface area contributed by atoms with Gasteiger partial charge in [0, 0.05) is 12.2 Å². The van der Waals surface area contributed by atoms with Gasteiger partial charge in [0.2, 0.25) is 5.91 Å². The minimum atomic E-state index is -0.663. The molecule has 4 heteroatoms. The van der Waals surface area contributed by atoms with Gasteiger partial charge in [-0.3, -0.25) is 4.79 Å². The lowest BCUT2D eigenvalue weighted by molar-refractivity contribution is -0.117. The molecular formula is C17H21N3O. The van der Waals surface area contributed by atoms with E-state index in [-0.39, 0.29) is 5.91 Å². The first-order chi connectivity index (χ1) is 10.1.